The molecule has 0 fully saturated rings. The zero-order chi connectivity index (χ0) is 17.7. The maximum absolute atomic E-state index is 5.76. The van der Waals surface area contributed by atoms with E-state index >= 15 is 0 Å². The Morgan fingerprint density at radius 3 is 1.80 bits per heavy atom. The summed E-state index contributed by atoms with van der Waals surface area (Å²) in [4.78, 5) is 8.70. The van der Waals surface area contributed by atoms with Gasteiger partial charge in [0.1, 0.15) is 5.66 Å². The number of aliphatic imine (C=N–C) groups is 2. The molecular weight excluding hydrogens is 334 g/mol. The fourth-order valence-electron chi connectivity index (χ4n) is 3.01. The molecule has 0 spiro atoms. The average molecular weight is 374 g/mol. The number of unbranched alkanes of at least 4 members (excludes halogenated alkanes) is 11. The van der Waals surface area contributed by atoms with Gasteiger partial charge in [-0.1, -0.05) is 77.6 Å². The highest BCUT2D eigenvalue weighted by atomic mass is 35.5. The second-order valence-electron chi connectivity index (χ2n) is 7.47. The number of nitrogens with one attached hydrogen (secondary N) is 2. The molecule has 0 saturated heterocycles. The fraction of sp³-hybridized carbons (Fsp3) is 0.895. The summed E-state index contributed by atoms with van der Waals surface area (Å²) >= 11 is 0. The van der Waals surface area contributed by atoms with Crippen LogP contribution in [0.2, 0.25) is 0 Å². The van der Waals surface area contributed by atoms with Crippen LogP contribution in [0.15, 0.2) is 9.98 Å². The summed E-state index contributed by atoms with van der Waals surface area (Å²) in [5.74, 6) is 1.09. The van der Waals surface area contributed by atoms with E-state index in [1.54, 1.807) is 0 Å². The monoisotopic (exact) mass is 373 g/mol. The lowest BCUT2D eigenvalue weighted by atomic mass is 10.1. The van der Waals surface area contributed by atoms with Crippen molar-refractivity contribution in [2.24, 2.45) is 15.7 Å². The highest BCUT2D eigenvalue weighted by Gasteiger charge is 2.23. The third-order valence-corrected chi connectivity index (χ3v) is 4.36. The molecule has 4 N–H and O–H groups in total. The van der Waals surface area contributed by atoms with Crippen LogP contribution in [-0.2, 0) is 0 Å². The average Bonchev–Trinajstić information content (AvgIpc) is 2.50. The van der Waals surface area contributed by atoms with E-state index in [9.17, 15) is 0 Å². The van der Waals surface area contributed by atoms with Crippen LogP contribution < -0.4 is 16.4 Å². The minimum Gasteiger partial charge on any atom is -0.370 e. The van der Waals surface area contributed by atoms with Crippen molar-refractivity contribution in [2.75, 3.05) is 6.54 Å². The van der Waals surface area contributed by atoms with Crippen molar-refractivity contribution in [1.29, 1.82) is 0 Å². The summed E-state index contributed by atoms with van der Waals surface area (Å²) in [6.45, 7) is 7.15. The van der Waals surface area contributed by atoms with Crippen LogP contribution >= 0.6 is 12.4 Å². The van der Waals surface area contributed by atoms with Crippen molar-refractivity contribution in [3.63, 3.8) is 0 Å². The lowest BCUT2D eigenvalue weighted by Gasteiger charge is -2.32. The van der Waals surface area contributed by atoms with Crippen molar-refractivity contribution < 1.29 is 0 Å². The first-order valence-electron chi connectivity index (χ1n) is 9.98. The molecular formula is C19H40ClN5. The van der Waals surface area contributed by atoms with Gasteiger partial charge in [0.05, 0.1) is 0 Å². The molecule has 0 aromatic rings. The Labute approximate surface area is 161 Å². The zero-order valence-electron chi connectivity index (χ0n) is 16.6. The quantitative estimate of drug-likeness (QED) is 0.409. The third kappa shape index (κ3) is 13.0. The molecule has 0 aromatic heterocycles. The first-order chi connectivity index (χ1) is 11.5. The Kier molecular flexibility index (Phi) is 13.7. The number of hydrogen-bond acceptors (Lipinski definition) is 3. The number of nitrogens with two attached hydrogens (primary N) is 1. The van der Waals surface area contributed by atoms with Crippen molar-refractivity contribution in [3.8, 4) is 0 Å². The number of rotatable bonds is 13. The van der Waals surface area contributed by atoms with Gasteiger partial charge in [-0.2, -0.15) is 4.99 Å². The molecule has 1 rings (SSSR count). The molecule has 1 aliphatic rings. The van der Waals surface area contributed by atoms with E-state index in [4.69, 9.17) is 5.73 Å². The minimum absolute atomic E-state index is 0. The van der Waals surface area contributed by atoms with Gasteiger partial charge in [0.25, 0.3) is 0 Å². The maximum Gasteiger partial charge on any atom is 0.223 e. The van der Waals surface area contributed by atoms with Crippen LogP contribution in [0.4, 0.5) is 0 Å². The van der Waals surface area contributed by atoms with Crippen LogP contribution in [-0.4, -0.2) is 24.1 Å². The van der Waals surface area contributed by atoms with Gasteiger partial charge >= 0.3 is 0 Å². The molecule has 5 nitrogen and oxygen atoms in total. The van der Waals surface area contributed by atoms with Crippen LogP contribution in [0.25, 0.3) is 0 Å². The van der Waals surface area contributed by atoms with Gasteiger partial charge in [-0.25, -0.2) is 0 Å². The van der Waals surface area contributed by atoms with Gasteiger partial charge in [-0.3, -0.25) is 4.99 Å². The summed E-state index contributed by atoms with van der Waals surface area (Å²) < 4.78 is 0. The number of nitrogens with zero attached hydrogens (tertiary/aromatic N) is 2. The number of guanidine groups is 2. The largest absolute Gasteiger partial charge is 0.370 e. The lowest BCUT2D eigenvalue weighted by molar-refractivity contribution is 0.414. The second-order valence-corrected chi connectivity index (χ2v) is 7.47. The fourth-order valence-corrected chi connectivity index (χ4v) is 3.01. The lowest BCUT2D eigenvalue weighted by Crippen LogP contribution is -2.61. The number of halogens is 1. The summed E-state index contributed by atoms with van der Waals surface area (Å²) in [7, 11) is 0. The summed E-state index contributed by atoms with van der Waals surface area (Å²) in [5, 5.41) is 6.31. The molecule has 0 amide bonds. The molecule has 0 saturated carbocycles. The van der Waals surface area contributed by atoms with E-state index in [0.29, 0.717) is 11.9 Å². The second kappa shape index (κ2) is 14.2. The molecule has 0 bridgehead atoms. The summed E-state index contributed by atoms with van der Waals surface area (Å²) in [6, 6.07) is 0. The molecule has 0 radical (unpaired) electrons. The van der Waals surface area contributed by atoms with E-state index in [1.165, 1.54) is 70.6 Å². The molecule has 25 heavy (non-hydrogen) atoms. The van der Waals surface area contributed by atoms with Crippen molar-refractivity contribution in [2.45, 2.75) is 103 Å². The van der Waals surface area contributed by atoms with Crippen molar-refractivity contribution in [3.05, 3.63) is 0 Å². The molecule has 1 aliphatic heterocycles. The molecule has 0 unspecified atom stereocenters. The molecule has 0 atom stereocenters. The van der Waals surface area contributed by atoms with Gasteiger partial charge in [0.2, 0.25) is 5.96 Å². The third-order valence-electron chi connectivity index (χ3n) is 4.36. The predicted molar refractivity (Wildman–Crippen MR) is 113 cm³/mol. The maximum atomic E-state index is 5.76. The smallest absolute Gasteiger partial charge is 0.223 e. The Balaban J connectivity index is 0.00000576. The molecule has 0 aromatic carbocycles. The van der Waals surface area contributed by atoms with Gasteiger partial charge in [-0.15, -0.1) is 12.4 Å². The van der Waals surface area contributed by atoms with E-state index in [0.717, 1.165) is 13.0 Å². The van der Waals surface area contributed by atoms with E-state index in [1.807, 2.05) is 13.8 Å². The van der Waals surface area contributed by atoms with Crippen molar-refractivity contribution >= 4 is 24.3 Å². The van der Waals surface area contributed by atoms with Gasteiger partial charge in [0.15, 0.2) is 5.96 Å². The number of hydrogen-bond donors (Lipinski definition) is 3. The van der Waals surface area contributed by atoms with E-state index in [-0.39, 0.29) is 18.1 Å². The van der Waals surface area contributed by atoms with Crippen LogP contribution in [0.5, 0.6) is 0 Å². The highest BCUT2D eigenvalue weighted by Crippen LogP contribution is 2.12. The van der Waals surface area contributed by atoms with Gasteiger partial charge in [-0.05, 0) is 20.3 Å². The topological polar surface area (TPSA) is 74.8 Å². The Hall–Kier alpha value is -0.970. The van der Waals surface area contributed by atoms with Crippen LogP contribution in [0.1, 0.15) is 97.8 Å². The first-order valence-corrected chi connectivity index (χ1v) is 9.98. The molecule has 0 aliphatic carbocycles. The highest BCUT2D eigenvalue weighted by molar-refractivity contribution is 5.97. The first kappa shape index (κ1) is 24.0. The Morgan fingerprint density at radius 1 is 0.840 bits per heavy atom. The molecule has 6 heteroatoms. The molecule has 1 heterocycles. The van der Waals surface area contributed by atoms with E-state index < -0.39 is 0 Å². The standard InChI is InChI=1S/C19H39N5.ClH/c1-4-5-6-7-8-9-10-11-12-13-14-15-16-21-18-22-17(20)23-19(2,3)24-18;/h4-16H2,1-3H3,(H4,20,21,22,23,24);1H. The van der Waals surface area contributed by atoms with Gasteiger partial charge < -0.3 is 16.4 Å². The van der Waals surface area contributed by atoms with E-state index in [2.05, 4.69) is 27.5 Å². The Bertz CT molecular complexity index is 393. The predicted octanol–water partition coefficient (Wildman–Crippen LogP) is 4.71. The van der Waals surface area contributed by atoms with Crippen LogP contribution in [0.3, 0.4) is 0 Å². The van der Waals surface area contributed by atoms with Crippen molar-refractivity contribution in [1.82, 2.24) is 10.6 Å². The minimum atomic E-state index is -0.277. The van der Waals surface area contributed by atoms with Crippen LogP contribution in [0, 0.1) is 0 Å². The summed E-state index contributed by atoms with van der Waals surface area (Å²) in [5.41, 5.74) is 5.49. The Morgan fingerprint density at radius 2 is 1.32 bits per heavy atom. The molecule has 148 valence electrons. The SMILES string of the molecule is CCCCCCCCCCCCCCN=C1N=C(N)NC(C)(C)N1.Cl. The normalized spacial score (nSPS) is 17.4. The summed E-state index contributed by atoms with van der Waals surface area (Å²) in [6.07, 6.45) is 16.3. The zero-order valence-corrected chi connectivity index (χ0v) is 17.4. The van der Waals surface area contributed by atoms with Gasteiger partial charge in [0, 0.05) is 6.54 Å².